The van der Waals surface area contributed by atoms with Gasteiger partial charge in [-0.1, -0.05) is 6.92 Å². The maximum atomic E-state index is 11.9. The molecule has 0 fully saturated rings. The largest absolute Gasteiger partial charge is 0.497 e. The Bertz CT molecular complexity index is 824. The highest BCUT2D eigenvalue weighted by Crippen LogP contribution is 2.24. The first-order valence-corrected chi connectivity index (χ1v) is 8.14. The normalized spacial score (nSPS) is 11.1. The molecule has 0 aliphatic rings. The zero-order valence-corrected chi connectivity index (χ0v) is 15.0. The number of aromatic nitrogens is 1. The molecule has 0 spiro atoms. The Morgan fingerprint density at radius 1 is 1.28 bits per heavy atom. The molecule has 2 rings (SSSR count). The molecule has 0 bridgehead atoms. The third kappa shape index (κ3) is 4.10. The molecule has 0 saturated carbocycles. The van der Waals surface area contributed by atoms with E-state index in [0.29, 0.717) is 6.61 Å². The van der Waals surface area contributed by atoms with Crippen molar-refractivity contribution >= 4 is 12.0 Å². The van der Waals surface area contributed by atoms with Crippen molar-refractivity contribution in [3.63, 3.8) is 0 Å². The molecule has 1 heterocycles. The van der Waals surface area contributed by atoms with Crippen LogP contribution in [0.2, 0.25) is 0 Å². The van der Waals surface area contributed by atoms with Gasteiger partial charge in [0.15, 0.2) is 0 Å². The number of carbonyl (C=O) groups is 1. The first-order chi connectivity index (χ1) is 12.0. The zero-order valence-electron chi connectivity index (χ0n) is 15.0. The number of rotatable bonds is 6. The molecule has 2 aromatic rings. The van der Waals surface area contributed by atoms with E-state index in [0.717, 1.165) is 34.8 Å². The van der Waals surface area contributed by atoms with E-state index in [1.54, 1.807) is 13.2 Å². The lowest BCUT2D eigenvalue weighted by molar-refractivity contribution is -0.138. The number of hydrogen-bond donors (Lipinski definition) is 0. The van der Waals surface area contributed by atoms with Crippen molar-refractivity contribution in [1.29, 1.82) is 5.26 Å². The number of ether oxygens (including phenoxy) is 2. The van der Waals surface area contributed by atoms with Gasteiger partial charge < -0.3 is 14.0 Å². The van der Waals surface area contributed by atoms with E-state index >= 15 is 0 Å². The molecule has 25 heavy (non-hydrogen) atoms. The van der Waals surface area contributed by atoms with Crippen LogP contribution in [0.3, 0.4) is 0 Å². The first kappa shape index (κ1) is 18.3. The molecule has 1 aromatic heterocycles. The van der Waals surface area contributed by atoms with E-state index in [9.17, 15) is 10.1 Å². The van der Waals surface area contributed by atoms with Crippen LogP contribution in [0.25, 0.3) is 11.8 Å². The van der Waals surface area contributed by atoms with Crippen LogP contribution >= 0.6 is 0 Å². The van der Waals surface area contributed by atoms with Gasteiger partial charge in [0.25, 0.3) is 0 Å². The summed E-state index contributed by atoms with van der Waals surface area (Å²) in [6, 6.07) is 11.6. The molecule has 0 aliphatic carbocycles. The number of hydrogen-bond acceptors (Lipinski definition) is 4. The Labute approximate surface area is 148 Å². The lowest BCUT2D eigenvalue weighted by atomic mass is 10.1. The zero-order chi connectivity index (χ0) is 18.4. The average molecular weight is 338 g/mol. The van der Waals surface area contributed by atoms with Crippen LogP contribution < -0.4 is 4.74 Å². The third-order valence-electron chi connectivity index (χ3n) is 3.88. The third-order valence-corrected chi connectivity index (χ3v) is 3.88. The maximum Gasteiger partial charge on any atom is 0.348 e. The average Bonchev–Trinajstić information content (AvgIpc) is 2.91. The van der Waals surface area contributed by atoms with Crippen LogP contribution in [0.4, 0.5) is 0 Å². The van der Waals surface area contributed by atoms with Crippen LogP contribution in [0, 0.1) is 25.2 Å². The Morgan fingerprint density at radius 3 is 2.52 bits per heavy atom. The van der Waals surface area contributed by atoms with Gasteiger partial charge in [-0.25, -0.2) is 4.79 Å². The van der Waals surface area contributed by atoms with Crippen LogP contribution in [0.1, 0.15) is 30.3 Å². The fraction of sp³-hybridized carbons (Fsp3) is 0.300. The summed E-state index contributed by atoms with van der Waals surface area (Å²) in [5.74, 6) is 0.204. The smallest absolute Gasteiger partial charge is 0.348 e. The highest BCUT2D eigenvalue weighted by molar-refractivity contribution is 5.98. The number of aryl methyl sites for hydroxylation is 1. The highest BCUT2D eigenvalue weighted by Gasteiger charge is 2.14. The molecule has 0 unspecified atom stereocenters. The van der Waals surface area contributed by atoms with E-state index in [1.165, 1.54) is 0 Å². The van der Waals surface area contributed by atoms with Crippen LogP contribution in [-0.4, -0.2) is 24.3 Å². The Balaban J connectivity index is 2.39. The summed E-state index contributed by atoms with van der Waals surface area (Å²) >= 11 is 0. The van der Waals surface area contributed by atoms with Crippen molar-refractivity contribution < 1.29 is 14.3 Å². The van der Waals surface area contributed by atoms with Crippen LogP contribution in [0.15, 0.2) is 35.9 Å². The number of carbonyl (C=O) groups excluding carboxylic acids is 1. The molecule has 0 amide bonds. The number of nitriles is 1. The summed E-state index contributed by atoms with van der Waals surface area (Å²) in [4.78, 5) is 11.9. The van der Waals surface area contributed by atoms with Gasteiger partial charge in [-0.15, -0.1) is 0 Å². The molecular weight excluding hydrogens is 316 g/mol. The Morgan fingerprint density at radius 2 is 1.96 bits per heavy atom. The summed E-state index contributed by atoms with van der Waals surface area (Å²) in [5.41, 5.74) is 3.76. The fourth-order valence-electron chi connectivity index (χ4n) is 2.63. The van der Waals surface area contributed by atoms with Gasteiger partial charge in [0.1, 0.15) is 17.4 Å². The molecule has 0 radical (unpaired) electrons. The van der Waals surface area contributed by atoms with Gasteiger partial charge >= 0.3 is 5.97 Å². The minimum atomic E-state index is -0.585. The summed E-state index contributed by atoms with van der Waals surface area (Å²) in [6.07, 6.45) is 2.30. The molecule has 0 saturated heterocycles. The van der Waals surface area contributed by atoms with Crippen molar-refractivity contribution in [3.8, 4) is 17.5 Å². The van der Waals surface area contributed by atoms with Crippen molar-refractivity contribution in [3.05, 3.63) is 52.9 Å². The van der Waals surface area contributed by atoms with Crippen molar-refractivity contribution in [1.82, 2.24) is 4.57 Å². The van der Waals surface area contributed by atoms with E-state index in [2.05, 4.69) is 4.57 Å². The molecule has 0 aliphatic heterocycles. The fourth-order valence-corrected chi connectivity index (χ4v) is 2.63. The molecular formula is C20H22N2O3. The van der Waals surface area contributed by atoms with Crippen molar-refractivity contribution in [2.75, 3.05) is 13.7 Å². The Hall–Kier alpha value is -3.00. The van der Waals surface area contributed by atoms with E-state index in [4.69, 9.17) is 9.47 Å². The van der Waals surface area contributed by atoms with Gasteiger partial charge in [0, 0.05) is 17.1 Å². The summed E-state index contributed by atoms with van der Waals surface area (Å²) in [7, 11) is 1.63. The summed E-state index contributed by atoms with van der Waals surface area (Å²) < 4.78 is 12.3. The summed E-state index contributed by atoms with van der Waals surface area (Å²) in [5, 5.41) is 9.26. The number of methoxy groups -OCH3 is 1. The number of esters is 1. The topological polar surface area (TPSA) is 64.2 Å². The molecule has 1 aromatic carbocycles. The predicted molar refractivity (Wildman–Crippen MR) is 96.6 cm³/mol. The SMILES string of the molecule is CCCOC(=O)/C(C#N)=C/c1cc(C)n(-c2ccc(OC)cc2)c1C. The lowest BCUT2D eigenvalue weighted by Gasteiger charge is -2.10. The second-order valence-corrected chi connectivity index (χ2v) is 5.67. The number of nitrogens with zero attached hydrogens (tertiary/aromatic N) is 2. The second kappa shape index (κ2) is 8.20. The highest BCUT2D eigenvalue weighted by atomic mass is 16.5. The van der Waals surface area contributed by atoms with Crippen molar-refractivity contribution in [2.24, 2.45) is 0 Å². The second-order valence-electron chi connectivity index (χ2n) is 5.67. The van der Waals surface area contributed by atoms with Gasteiger partial charge in [0.05, 0.1) is 13.7 Å². The summed E-state index contributed by atoms with van der Waals surface area (Å²) in [6.45, 7) is 6.15. The standard InChI is InChI=1S/C20H22N2O3/c1-5-10-25-20(23)17(13-21)12-16-11-14(2)22(15(16)3)18-6-8-19(24-4)9-7-18/h6-9,11-12H,5,10H2,1-4H3/b17-12+. The monoisotopic (exact) mass is 338 g/mol. The minimum Gasteiger partial charge on any atom is -0.497 e. The minimum absolute atomic E-state index is 0.00318. The molecule has 5 heteroatoms. The van der Waals surface area contributed by atoms with Gasteiger partial charge in [-0.3, -0.25) is 0 Å². The number of benzene rings is 1. The van der Waals surface area contributed by atoms with E-state index < -0.39 is 5.97 Å². The van der Waals surface area contributed by atoms with E-state index in [-0.39, 0.29) is 5.57 Å². The van der Waals surface area contributed by atoms with Crippen LogP contribution in [0.5, 0.6) is 5.75 Å². The lowest BCUT2D eigenvalue weighted by Crippen LogP contribution is -2.07. The van der Waals surface area contributed by atoms with Gasteiger partial charge in [0.2, 0.25) is 0 Å². The van der Waals surface area contributed by atoms with E-state index in [1.807, 2.05) is 57.2 Å². The molecule has 130 valence electrons. The molecule has 0 N–H and O–H groups in total. The molecule has 5 nitrogen and oxygen atoms in total. The predicted octanol–water partition coefficient (Wildman–Crippen LogP) is 3.96. The van der Waals surface area contributed by atoms with Crippen LogP contribution in [-0.2, 0) is 9.53 Å². The first-order valence-electron chi connectivity index (χ1n) is 8.14. The Kier molecular flexibility index (Phi) is 6.02. The van der Waals surface area contributed by atoms with Gasteiger partial charge in [-0.05, 0) is 62.2 Å². The maximum absolute atomic E-state index is 11.9. The van der Waals surface area contributed by atoms with Gasteiger partial charge in [-0.2, -0.15) is 5.26 Å². The quantitative estimate of drug-likeness (QED) is 0.454. The molecule has 0 atom stereocenters. The van der Waals surface area contributed by atoms with Crippen molar-refractivity contribution in [2.45, 2.75) is 27.2 Å².